The van der Waals surface area contributed by atoms with Gasteiger partial charge in [-0.05, 0) is 77.2 Å². The van der Waals surface area contributed by atoms with Crippen LogP contribution in [0.2, 0.25) is 0 Å². The highest BCUT2D eigenvalue weighted by Crippen LogP contribution is 2.20. The van der Waals surface area contributed by atoms with Crippen LogP contribution in [0.1, 0.15) is 212 Å². The summed E-state index contributed by atoms with van der Waals surface area (Å²) >= 11 is 0. The maximum atomic E-state index is 13.2. The fourth-order valence-electron chi connectivity index (χ4n) is 8.97. The third kappa shape index (κ3) is 44.0. The molecule has 19 heteroatoms. The Balaban J connectivity index is 1.98. The van der Waals surface area contributed by atoms with E-state index in [2.05, 4.69) is 21.3 Å². The Morgan fingerprint density at radius 1 is 0.573 bits per heavy atom. The van der Waals surface area contributed by atoms with Crippen molar-refractivity contribution in [2.75, 3.05) is 79.2 Å². The van der Waals surface area contributed by atoms with Crippen molar-refractivity contribution < 1.29 is 67.5 Å². The van der Waals surface area contributed by atoms with Gasteiger partial charge in [0.1, 0.15) is 36.6 Å². The first kappa shape index (κ1) is 69.3. The van der Waals surface area contributed by atoms with E-state index in [1.165, 1.54) is 57.8 Å². The second kappa shape index (κ2) is 49.8. The Bertz CT molecular complexity index is 1540. The molecule has 434 valence electrons. The summed E-state index contributed by atoms with van der Waals surface area (Å²) < 4.78 is 21.9. The third-order valence-electron chi connectivity index (χ3n) is 13.6. The molecule has 0 aromatic carbocycles. The molecule has 0 aromatic rings. The number of nitrogens with two attached hydrogens (primary N) is 1. The summed E-state index contributed by atoms with van der Waals surface area (Å²) in [4.78, 5) is 96.9. The van der Waals surface area contributed by atoms with Crippen LogP contribution in [-0.2, 0) is 57.3 Å². The minimum Gasteiger partial charge on any atom is -0.481 e. The van der Waals surface area contributed by atoms with Crippen molar-refractivity contribution in [2.45, 2.75) is 224 Å². The van der Waals surface area contributed by atoms with Gasteiger partial charge in [-0.1, -0.05) is 103 Å². The van der Waals surface area contributed by atoms with E-state index in [0.717, 1.165) is 64.2 Å². The lowest BCUT2D eigenvalue weighted by Crippen LogP contribution is -2.44. The molecule has 19 nitrogen and oxygen atoms in total. The molecule has 1 aliphatic rings. The van der Waals surface area contributed by atoms with E-state index >= 15 is 0 Å². The molecule has 0 aromatic heterocycles. The number of amides is 2. The fourth-order valence-corrected chi connectivity index (χ4v) is 8.97. The van der Waals surface area contributed by atoms with E-state index in [1.54, 1.807) is 0 Å². The molecule has 1 fully saturated rings. The number of hydrogen-bond donors (Lipinski definition) is 7. The van der Waals surface area contributed by atoms with Crippen LogP contribution in [0, 0.1) is 5.92 Å². The molecule has 0 unspecified atom stereocenters. The largest absolute Gasteiger partial charge is 0.481 e. The zero-order valence-electron chi connectivity index (χ0n) is 45.9. The molecule has 0 aliphatic carbocycles. The van der Waals surface area contributed by atoms with Gasteiger partial charge in [-0.2, -0.15) is 0 Å². The summed E-state index contributed by atoms with van der Waals surface area (Å²) in [5.41, 5.74) is 5.64. The van der Waals surface area contributed by atoms with Crippen molar-refractivity contribution in [1.82, 2.24) is 21.3 Å². The van der Waals surface area contributed by atoms with E-state index in [1.807, 2.05) is 0 Å². The molecular formula is C56H101N5O14. The van der Waals surface area contributed by atoms with Crippen LogP contribution >= 0.6 is 0 Å². The highest BCUT2D eigenvalue weighted by molar-refractivity contribution is 5.86. The SMILES string of the molecule is NCC(=O)[C@@H]1CCCCCCC(=O)NCN[C@@H](CCCCNC(=O)COCCOCCCC(=O)COCCOCCCC(=O)CC[C@H](NCCCCCCCCCCCCCCCCCC(=O)O)C(=O)O)C(=O)CC1. The minimum absolute atomic E-state index is 0.00214. The van der Waals surface area contributed by atoms with Crippen molar-refractivity contribution in [3.8, 4) is 0 Å². The first-order chi connectivity index (χ1) is 36.4. The number of nitrogens with one attached hydrogen (secondary N) is 4. The van der Waals surface area contributed by atoms with Crippen LogP contribution in [-0.4, -0.2) is 148 Å². The molecule has 0 spiro atoms. The molecule has 1 aliphatic heterocycles. The maximum absolute atomic E-state index is 13.2. The van der Waals surface area contributed by atoms with Gasteiger partial charge >= 0.3 is 11.9 Å². The van der Waals surface area contributed by atoms with Gasteiger partial charge in [0.05, 0.1) is 45.7 Å². The van der Waals surface area contributed by atoms with Gasteiger partial charge in [0.25, 0.3) is 0 Å². The van der Waals surface area contributed by atoms with Crippen molar-refractivity contribution >= 4 is 46.9 Å². The van der Waals surface area contributed by atoms with Gasteiger partial charge in [0.15, 0.2) is 5.78 Å². The molecule has 0 saturated carbocycles. The smallest absolute Gasteiger partial charge is 0.320 e. The van der Waals surface area contributed by atoms with Crippen molar-refractivity contribution in [3.63, 3.8) is 0 Å². The number of Topliss-reactive ketones (excluding diaryl/α,β-unsaturated/α-hetero) is 4. The van der Waals surface area contributed by atoms with Crippen LogP contribution in [0.25, 0.3) is 0 Å². The third-order valence-corrected chi connectivity index (χ3v) is 13.6. The van der Waals surface area contributed by atoms with Gasteiger partial charge in [-0.25, -0.2) is 0 Å². The number of carboxylic acids is 2. The lowest BCUT2D eigenvalue weighted by atomic mass is 9.89. The topological polar surface area (TPSA) is 288 Å². The number of rotatable bonds is 48. The summed E-state index contributed by atoms with van der Waals surface area (Å²) in [5, 5.41) is 30.2. The molecule has 0 radical (unpaired) electrons. The van der Waals surface area contributed by atoms with E-state index in [0.29, 0.717) is 97.1 Å². The normalized spacial score (nSPS) is 16.4. The first-order valence-corrected chi connectivity index (χ1v) is 29.0. The molecule has 0 bridgehead atoms. The lowest BCUT2D eigenvalue weighted by Gasteiger charge is -2.20. The second-order valence-electron chi connectivity index (χ2n) is 20.1. The van der Waals surface area contributed by atoms with E-state index in [-0.39, 0.29) is 113 Å². The summed E-state index contributed by atoms with van der Waals surface area (Å²) in [7, 11) is 0. The van der Waals surface area contributed by atoms with Crippen molar-refractivity contribution in [2.24, 2.45) is 11.7 Å². The van der Waals surface area contributed by atoms with E-state index in [4.69, 9.17) is 29.8 Å². The molecular weight excluding hydrogens is 967 g/mol. The summed E-state index contributed by atoms with van der Waals surface area (Å²) in [6, 6.07) is -1.21. The average Bonchev–Trinajstić information content (AvgIpc) is 3.39. The number of hydrogen-bond acceptors (Lipinski definition) is 15. The summed E-state index contributed by atoms with van der Waals surface area (Å²) in [6.07, 6.45) is 26.9. The second-order valence-corrected chi connectivity index (χ2v) is 20.1. The van der Waals surface area contributed by atoms with Crippen LogP contribution in [0.15, 0.2) is 0 Å². The van der Waals surface area contributed by atoms with Crippen LogP contribution in [0.4, 0.5) is 0 Å². The molecule has 8 N–H and O–H groups in total. The number of ether oxygens (including phenoxy) is 4. The predicted molar refractivity (Wildman–Crippen MR) is 288 cm³/mol. The Morgan fingerprint density at radius 2 is 1.13 bits per heavy atom. The first-order valence-electron chi connectivity index (χ1n) is 29.0. The zero-order valence-corrected chi connectivity index (χ0v) is 45.9. The number of ketones is 4. The van der Waals surface area contributed by atoms with Gasteiger partial charge in [-0.15, -0.1) is 0 Å². The number of unbranched alkanes of at least 4 members (excludes halogenated alkanes) is 15. The summed E-state index contributed by atoms with van der Waals surface area (Å²) in [6.45, 7) is 2.81. The monoisotopic (exact) mass is 1070 g/mol. The fraction of sp³-hybridized carbons (Fsp3) is 0.857. The van der Waals surface area contributed by atoms with E-state index < -0.39 is 24.0 Å². The minimum atomic E-state index is -0.936. The van der Waals surface area contributed by atoms with Crippen molar-refractivity contribution in [3.05, 3.63) is 0 Å². The standard InChI is InChI=1S/C56H101N5O14/c57-42-52(65)46-24-16-13-14-17-28-53(66)61-45-60-49(51(64)33-30-46)27-19-21-35-59-54(67)44-75-41-39-73-37-23-26-48(63)43-74-40-38-72-36-22-25-47(62)31-32-50(56(70)71)58-34-20-15-11-9-7-5-3-1-2-4-6-8-10-12-18-29-55(68)69/h46,49-50,58,60H,1-45,57H2,(H,59,67)(H,61,66)(H,68,69)(H,70,71)/t46-,49+,50+/m1/s1. The molecule has 1 heterocycles. The van der Waals surface area contributed by atoms with Crippen molar-refractivity contribution in [1.29, 1.82) is 0 Å². The van der Waals surface area contributed by atoms with Crippen LogP contribution in [0.5, 0.6) is 0 Å². The highest BCUT2D eigenvalue weighted by atomic mass is 16.5. The van der Waals surface area contributed by atoms with Gasteiger partial charge in [-0.3, -0.25) is 43.7 Å². The zero-order chi connectivity index (χ0) is 54.8. The Labute approximate surface area is 449 Å². The predicted octanol–water partition coefficient (Wildman–Crippen LogP) is 7.07. The van der Waals surface area contributed by atoms with Crippen LogP contribution in [0.3, 0.4) is 0 Å². The molecule has 1 rings (SSSR count). The van der Waals surface area contributed by atoms with E-state index in [9.17, 15) is 43.5 Å². The lowest BCUT2D eigenvalue weighted by molar-refractivity contribution is -0.140. The number of carboxylic acid groups (broad SMARTS) is 2. The number of carbonyl (C=O) groups excluding carboxylic acids is 6. The van der Waals surface area contributed by atoms with Gasteiger partial charge in [0.2, 0.25) is 11.8 Å². The number of carbonyl (C=O) groups is 8. The highest BCUT2D eigenvalue weighted by Gasteiger charge is 2.23. The average molecular weight is 1070 g/mol. The molecule has 3 atom stereocenters. The quantitative estimate of drug-likeness (QED) is 0.0300. The summed E-state index contributed by atoms with van der Waals surface area (Å²) in [5.74, 6) is -2.25. The molecule has 1 saturated heterocycles. The number of aliphatic carboxylic acids is 2. The maximum Gasteiger partial charge on any atom is 0.320 e. The van der Waals surface area contributed by atoms with Gasteiger partial charge in [0, 0.05) is 64.2 Å². The molecule has 75 heavy (non-hydrogen) atoms. The molecule has 2 amide bonds. The van der Waals surface area contributed by atoms with Crippen LogP contribution < -0.4 is 27.0 Å². The Kier molecular flexibility index (Phi) is 46.0. The Hall–Kier alpha value is -3.72. The van der Waals surface area contributed by atoms with Gasteiger partial charge < -0.3 is 50.8 Å². The Morgan fingerprint density at radius 3 is 1.75 bits per heavy atom.